The first kappa shape index (κ1) is 20.1. The number of amides is 1. The maximum Gasteiger partial charge on any atom is 0.278 e. The smallest absolute Gasteiger partial charge is 0.278 e. The Balaban J connectivity index is 1.33. The average molecular weight is 428 g/mol. The molecule has 2 aromatic carbocycles. The van der Waals surface area contributed by atoms with Gasteiger partial charge in [-0.15, -0.1) is 5.10 Å². The van der Waals surface area contributed by atoms with Gasteiger partial charge in [0, 0.05) is 12.3 Å². The summed E-state index contributed by atoms with van der Waals surface area (Å²) in [6.07, 6.45) is 2.90. The molecule has 4 rings (SSSR count). The summed E-state index contributed by atoms with van der Waals surface area (Å²) in [4.78, 5) is 16.3. The van der Waals surface area contributed by atoms with E-state index in [9.17, 15) is 18.0 Å². The Hall–Kier alpha value is -4.15. The van der Waals surface area contributed by atoms with Crippen molar-refractivity contribution in [1.82, 2.24) is 24.5 Å². The number of aromatic nitrogens is 5. The number of benzene rings is 2. The third kappa shape index (κ3) is 5.07. The quantitative estimate of drug-likeness (QED) is 0.489. The minimum atomic E-state index is -0.840. The van der Waals surface area contributed by atoms with Crippen LogP contribution in [0.1, 0.15) is 16.1 Å². The Morgan fingerprint density at radius 3 is 2.52 bits per heavy atom. The minimum Gasteiger partial charge on any atom is -0.468 e. The van der Waals surface area contributed by atoms with Gasteiger partial charge in [-0.1, -0.05) is 12.1 Å². The lowest BCUT2D eigenvalue weighted by atomic mass is 10.2. The van der Waals surface area contributed by atoms with Crippen molar-refractivity contribution in [3.8, 4) is 5.75 Å². The summed E-state index contributed by atoms with van der Waals surface area (Å²) in [5.41, 5.74) is 0.888. The van der Waals surface area contributed by atoms with E-state index in [0.717, 1.165) is 17.7 Å². The van der Waals surface area contributed by atoms with Crippen LogP contribution in [0.3, 0.4) is 0 Å². The van der Waals surface area contributed by atoms with Crippen LogP contribution < -0.4 is 10.1 Å². The number of carbonyl (C=O) groups is 1. The number of ether oxygens (including phenoxy) is 1. The zero-order chi connectivity index (χ0) is 21.8. The van der Waals surface area contributed by atoms with Gasteiger partial charge in [-0.25, -0.2) is 27.5 Å². The first-order valence-electron chi connectivity index (χ1n) is 9.03. The van der Waals surface area contributed by atoms with Gasteiger partial charge in [0.25, 0.3) is 5.91 Å². The van der Waals surface area contributed by atoms with Crippen LogP contribution in [0.4, 0.5) is 19.1 Å². The summed E-state index contributed by atoms with van der Waals surface area (Å²) in [5.74, 6) is -2.50. The van der Waals surface area contributed by atoms with Crippen LogP contribution in [0, 0.1) is 17.5 Å². The summed E-state index contributed by atoms with van der Waals surface area (Å²) in [5, 5.41) is 10.7. The lowest BCUT2D eigenvalue weighted by Gasteiger charge is -2.07. The van der Waals surface area contributed by atoms with Gasteiger partial charge in [0.05, 0.1) is 6.54 Å². The van der Waals surface area contributed by atoms with Crippen molar-refractivity contribution in [2.75, 3.05) is 5.32 Å². The van der Waals surface area contributed by atoms with E-state index in [1.165, 1.54) is 40.1 Å². The number of hydrogen-bond donors (Lipinski definition) is 1. The molecule has 0 atom stereocenters. The topological polar surface area (TPSA) is 86.9 Å². The van der Waals surface area contributed by atoms with Crippen molar-refractivity contribution in [3.63, 3.8) is 0 Å². The molecule has 8 nitrogen and oxygen atoms in total. The van der Waals surface area contributed by atoms with Crippen molar-refractivity contribution in [1.29, 1.82) is 0 Å². The molecule has 0 radical (unpaired) electrons. The number of rotatable bonds is 7. The molecule has 1 amide bonds. The normalized spacial score (nSPS) is 10.8. The van der Waals surface area contributed by atoms with Crippen molar-refractivity contribution in [2.45, 2.75) is 13.3 Å². The molecule has 2 heterocycles. The number of carbonyl (C=O) groups excluding carboxylic acids is 1. The fraction of sp³-hybridized carbons (Fsp3) is 0.100. The molecule has 4 aromatic rings. The van der Waals surface area contributed by atoms with E-state index in [0.29, 0.717) is 12.6 Å². The molecule has 0 fully saturated rings. The third-order valence-electron chi connectivity index (χ3n) is 4.14. The molecule has 0 bridgehead atoms. The lowest BCUT2D eigenvalue weighted by Crippen LogP contribution is -2.15. The fourth-order valence-electron chi connectivity index (χ4n) is 2.65. The molecule has 0 saturated carbocycles. The van der Waals surface area contributed by atoms with Crippen LogP contribution in [0.5, 0.6) is 5.75 Å². The second-order valence-corrected chi connectivity index (χ2v) is 6.43. The van der Waals surface area contributed by atoms with Crippen LogP contribution in [0.25, 0.3) is 0 Å². The fourth-order valence-corrected chi connectivity index (χ4v) is 2.65. The van der Waals surface area contributed by atoms with Gasteiger partial charge in [-0.3, -0.25) is 10.1 Å². The molecule has 0 saturated heterocycles. The van der Waals surface area contributed by atoms with Gasteiger partial charge in [0.2, 0.25) is 5.95 Å². The first-order valence-corrected chi connectivity index (χ1v) is 9.03. The molecule has 0 aliphatic heterocycles. The zero-order valence-electron chi connectivity index (χ0n) is 15.9. The third-order valence-corrected chi connectivity index (χ3v) is 4.14. The SMILES string of the molecule is O=C(Nc1ncn(Cc2ccc(F)cc2)n1)c1ccn(COc2ccc(F)cc2F)n1. The Labute approximate surface area is 173 Å². The van der Waals surface area contributed by atoms with Crippen LogP contribution in [0.15, 0.2) is 61.1 Å². The molecule has 0 spiro atoms. The predicted molar refractivity (Wildman–Crippen MR) is 103 cm³/mol. The Morgan fingerprint density at radius 2 is 1.74 bits per heavy atom. The summed E-state index contributed by atoms with van der Waals surface area (Å²) in [6, 6.07) is 10.3. The number of nitrogens with zero attached hydrogens (tertiary/aromatic N) is 5. The molecule has 158 valence electrons. The Morgan fingerprint density at radius 1 is 0.968 bits per heavy atom. The number of nitrogens with one attached hydrogen (secondary N) is 1. The highest BCUT2D eigenvalue weighted by Gasteiger charge is 2.13. The summed E-state index contributed by atoms with van der Waals surface area (Å²) >= 11 is 0. The van der Waals surface area contributed by atoms with E-state index in [1.54, 1.807) is 12.1 Å². The van der Waals surface area contributed by atoms with E-state index < -0.39 is 17.5 Å². The maximum absolute atomic E-state index is 13.6. The standard InChI is InChI=1S/C20H15F3N6O2/c21-14-3-1-13(2-4-14)10-29-11-24-20(27-29)25-19(30)17-7-8-28(26-17)12-31-18-6-5-15(22)9-16(18)23/h1-9,11H,10,12H2,(H,25,27,30). The molecular formula is C20H15F3N6O2. The molecular weight excluding hydrogens is 413 g/mol. The van der Waals surface area contributed by atoms with Gasteiger partial charge < -0.3 is 4.74 Å². The van der Waals surface area contributed by atoms with Gasteiger partial charge in [-0.2, -0.15) is 5.10 Å². The van der Waals surface area contributed by atoms with Gasteiger partial charge in [0.15, 0.2) is 24.0 Å². The molecule has 31 heavy (non-hydrogen) atoms. The van der Waals surface area contributed by atoms with Crippen molar-refractivity contribution in [2.24, 2.45) is 0 Å². The molecule has 2 aromatic heterocycles. The van der Waals surface area contributed by atoms with Crippen molar-refractivity contribution >= 4 is 11.9 Å². The van der Waals surface area contributed by atoms with Gasteiger partial charge in [-0.05, 0) is 35.9 Å². The zero-order valence-corrected chi connectivity index (χ0v) is 15.9. The van der Waals surface area contributed by atoms with Crippen LogP contribution in [-0.2, 0) is 13.3 Å². The molecule has 0 aliphatic carbocycles. The number of hydrogen-bond acceptors (Lipinski definition) is 5. The van der Waals surface area contributed by atoms with E-state index in [-0.39, 0.29) is 29.9 Å². The summed E-state index contributed by atoms with van der Waals surface area (Å²) in [6.45, 7) is 0.176. The summed E-state index contributed by atoms with van der Waals surface area (Å²) in [7, 11) is 0. The monoisotopic (exact) mass is 428 g/mol. The molecule has 0 aliphatic rings. The predicted octanol–water partition coefficient (Wildman–Crippen LogP) is 3.23. The van der Waals surface area contributed by atoms with Crippen LogP contribution in [0.2, 0.25) is 0 Å². The second kappa shape index (κ2) is 8.69. The van der Waals surface area contributed by atoms with E-state index in [4.69, 9.17) is 4.74 Å². The largest absolute Gasteiger partial charge is 0.468 e. The second-order valence-electron chi connectivity index (χ2n) is 6.43. The number of halogens is 3. The van der Waals surface area contributed by atoms with E-state index in [1.807, 2.05) is 0 Å². The Kier molecular flexibility index (Phi) is 5.65. The van der Waals surface area contributed by atoms with Gasteiger partial charge >= 0.3 is 0 Å². The highest BCUT2D eigenvalue weighted by Crippen LogP contribution is 2.18. The summed E-state index contributed by atoms with van der Waals surface area (Å²) < 4.78 is 47.5. The van der Waals surface area contributed by atoms with Crippen molar-refractivity contribution in [3.05, 3.63) is 89.8 Å². The molecule has 1 N–H and O–H groups in total. The van der Waals surface area contributed by atoms with Crippen LogP contribution in [-0.4, -0.2) is 30.5 Å². The highest BCUT2D eigenvalue weighted by atomic mass is 19.1. The molecule has 0 unspecified atom stereocenters. The lowest BCUT2D eigenvalue weighted by molar-refractivity contribution is 0.101. The van der Waals surface area contributed by atoms with Crippen LogP contribution >= 0.6 is 0 Å². The van der Waals surface area contributed by atoms with E-state index in [2.05, 4.69) is 20.5 Å². The average Bonchev–Trinajstić information content (AvgIpc) is 3.39. The Bertz CT molecular complexity index is 1210. The van der Waals surface area contributed by atoms with E-state index >= 15 is 0 Å². The number of anilines is 1. The minimum absolute atomic E-state index is 0.0677. The maximum atomic E-state index is 13.6. The molecule has 11 heteroatoms. The van der Waals surface area contributed by atoms with Crippen molar-refractivity contribution < 1.29 is 22.7 Å². The van der Waals surface area contributed by atoms with Gasteiger partial charge in [0.1, 0.15) is 18.0 Å². The highest BCUT2D eigenvalue weighted by molar-refractivity contribution is 6.01. The first-order chi connectivity index (χ1) is 15.0.